The van der Waals surface area contributed by atoms with E-state index in [4.69, 9.17) is 4.74 Å². The van der Waals surface area contributed by atoms with Crippen LogP contribution in [-0.4, -0.2) is 35.9 Å². The van der Waals surface area contributed by atoms with Crippen molar-refractivity contribution in [3.8, 4) is 5.75 Å². The Balaban J connectivity index is 1.71. The first kappa shape index (κ1) is 18.1. The van der Waals surface area contributed by atoms with Crippen LogP contribution in [0.15, 0.2) is 18.3 Å². The quantitative estimate of drug-likeness (QED) is 0.752. The van der Waals surface area contributed by atoms with E-state index in [9.17, 15) is 4.79 Å². The van der Waals surface area contributed by atoms with Gasteiger partial charge in [-0.15, -0.1) is 11.3 Å². The van der Waals surface area contributed by atoms with Gasteiger partial charge in [0.15, 0.2) is 5.78 Å². The van der Waals surface area contributed by atoms with Gasteiger partial charge >= 0.3 is 0 Å². The number of carbonyl (C=O) groups is 1. The van der Waals surface area contributed by atoms with Crippen LogP contribution >= 0.6 is 11.3 Å². The number of rotatable bonds is 5. The molecule has 4 nitrogen and oxygen atoms in total. The van der Waals surface area contributed by atoms with E-state index >= 15 is 0 Å². The number of aromatic nitrogens is 1. The molecule has 0 amide bonds. The van der Waals surface area contributed by atoms with Crippen LogP contribution in [0.1, 0.15) is 44.2 Å². The van der Waals surface area contributed by atoms with Crippen molar-refractivity contribution in [2.75, 3.05) is 20.2 Å². The van der Waals surface area contributed by atoms with Crippen molar-refractivity contribution in [3.63, 3.8) is 0 Å². The van der Waals surface area contributed by atoms with Gasteiger partial charge in [0.1, 0.15) is 5.75 Å². The van der Waals surface area contributed by atoms with E-state index in [0.717, 1.165) is 59.9 Å². The van der Waals surface area contributed by atoms with Gasteiger partial charge in [0, 0.05) is 35.6 Å². The van der Waals surface area contributed by atoms with Gasteiger partial charge in [0.05, 0.1) is 12.1 Å². The summed E-state index contributed by atoms with van der Waals surface area (Å²) in [5, 5.41) is 1.10. The number of benzene rings is 1. The van der Waals surface area contributed by atoms with Crippen LogP contribution in [0.4, 0.5) is 0 Å². The minimum Gasteiger partial charge on any atom is -0.496 e. The average Bonchev–Trinajstić information content (AvgIpc) is 2.99. The Bertz CT molecular complexity index is 746. The van der Waals surface area contributed by atoms with E-state index in [-0.39, 0.29) is 11.7 Å². The van der Waals surface area contributed by atoms with Gasteiger partial charge in [-0.25, -0.2) is 4.98 Å². The van der Waals surface area contributed by atoms with E-state index in [1.54, 1.807) is 18.4 Å². The third kappa shape index (κ3) is 4.10. The highest BCUT2D eigenvalue weighted by Gasteiger charge is 2.27. The Morgan fingerprint density at radius 1 is 1.32 bits per heavy atom. The zero-order valence-corrected chi connectivity index (χ0v) is 16.3. The molecule has 1 saturated heterocycles. The molecule has 0 unspecified atom stereocenters. The molecule has 1 aromatic carbocycles. The molecule has 0 spiro atoms. The summed E-state index contributed by atoms with van der Waals surface area (Å²) in [4.78, 5) is 21.0. The first-order valence-electron chi connectivity index (χ1n) is 8.81. The maximum absolute atomic E-state index is 13.0. The normalized spacial score (nSPS) is 18.3. The van der Waals surface area contributed by atoms with Gasteiger partial charge in [0.2, 0.25) is 0 Å². The summed E-state index contributed by atoms with van der Waals surface area (Å²) >= 11 is 1.74. The number of ketones is 1. The van der Waals surface area contributed by atoms with E-state index in [2.05, 4.69) is 9.88 Å². The largest absolute Gasteiger partial charge is 0.496 e. The van der Waals surface area contributed by atoms with E-state index in [1.165, 1.54) is 4.88 Å². The number of carbonyl (C=O) groups excluding carboxylic acids is 1. The molecule has 0 saturated carbocycles. The fourth-order valence-electron chi connectivity index (χ4n) is 3.76. The van der Waals surface area contributed by atoms with Crippen LogP contribution in [0.25, 0.3) is 0 Å². The molecule has 1 aliphatic heterocycles. The number of methoxy groups -OCH3 is 1. The van der Waals surface area contributed by atoms with Crippen LogP contribution in [0, 0.1) is 26.7 Å². The molecular weight excluding hydrogens is 332 g/mol. The lowest BCUT2D eigenvalue weighted by Gasteiger charge is -2.31. The van der Waals surface area contributed by atoms with Crippen molar-refractivity contribution in [1.82, 2.24) is 9.88 Å². The number of hydrogen-bond acceptors (Lipinski definition) is 5. The Morgan fingerprint density at radius 2 is 2.04 bits per heavy atom. The second-order valence-corrected chi connectivity index (χ2v) is 8.25. The Kier molecular flexibility index (Phi) is 5.54. The fraction of sp³-hybridized carbons (Fsp3) is 0.500. The molecule has 25 heavy (non-hydrogen) atoms. The van der Waals surface area contributed by atoms with Crippen molar-refractivity contribution < 1.29 is 9.53 Å². The maximum atomic E-state index is 13.0. The molecule has 0 radical (unpaired) electrons. The molecule has 5 heteroatoms. The number of aryl methyl sites for hydroxylation is 3. The molecule has 1 fully saturated rings. The Labute approximate surface area is 153 Å². The molecule has 1 aliphatic rings. The number of hydrogen-bond donors (Lipinski definition) is 0. The van der Waals surface area contributed by atoms with E-state index in [0.29, 0.717) is 0 Å². The maximum Gasteiger partial charge on any atom is 0.167 e. The lowest BCUT2D eigenvalue weighted by Crippen LogP contribution is -2.38. The van der Waals surface area contributed by atoms with Crippen LogP contribution in [0.2, 0.25) is 0 Å². The first-order valence-corrected chi connectivity index (χ1v) is 9.62. The number of Topliss-reactive ketones (excluding diaryl/α,β-unsaturated/α-hetero) is 1. The summed E-state index contributed by atoms with van der Waals surface area (Å²) in [5.74, 6) is 1.22. The molecule has 0 N–H and O–H groups in total. The number of nitrogens with zero attached hydrogens (tertiary/aromatic N) is 2. The molecule has 2 heterocycles. The van der Waals surface area contributed by atoms with Crippen LogP contribution < -0.4 is 4.74 Å². The summed E-state index contributed by atoms with van der Waals surface area (Å²) in [5.41, 5.74) is 2.87. The molecule has 1 aromatic heterocycles. The van der Waals surface area contributed by atoms with Gasteiger partial charge in [-0.3, -0.25) is 9.69 Å². The van der Waals surface area contributed by atoms with Crippen LogP contribution in [0.5, 0.6) is 5.75 Å². The smallest absolute Gasteiger partial charge is 0.167 e. The summed E-state index contributed by atoms with van der Waals surface area (Å²) in [6.45, 7) is 8.83. The molecule has 134 valence electrons. The second-order valence-electron chi connectivity index (χ2n) is 6.93. The van der Waals surface area contributed by atoms with E-state index in [1.807, 2.05) is 39.1 Å². The van der Waals surface area contributed by atoms with Crippen LogP contribution in [-0.2, 0) is 6.54 Å². The monoisotopic (exact) mass is 358 g/mol. The minimum absolute atomic E-state index is 0.0787. The number of piperidine rings is 1. The number of likely N-dealkylation sites (tertiary alicyclic amines) is 1. The highest BCUT2D eigenvalue weighted by Crippen LogP contribution is 2.28. The standard InChI is InChI=1S/C20H26N2O2S/c1-13-8-17(9-14(2)20(13)24-4)19(23)16-6-5-7-22(11-16)12-18-10-21-15(3)25-18/h8-10,16H,5-7,11-12H2,1-4H3/t16-/m1/s1. The van der Waals surface area contributed by atoms with Gasteiger partial charge < -0.3 is 4.74 Å². The molecule has 0 bridgehead atoms. The zero-order chi connectivity index (χ0) is 18.0. The van der Waals surface area contributed by atoms with Crippen LogP contribution in [0.3, 0.4) is 0 Å². The summed E-state index contributed by atoms with van der Waals surface area (Å²) < 4.78 is 5.42. The zero-order valence-electron chi connectivity index (χ0n) is 15.5. The molecule has 1 atom stereocenters. The van der Waals surface area contributed by atoms with Crippen molar-refractivity contribution in [2.45, 2.75) is 40.2 Å². The second kappa shape index (κ2) is 7.67. The molecule has 3 rings (SSSR count). The third-order valence-corrected chi connectivity index (χ3v) is 5.77. The first-order chi connectivity index (χ1) is 12.0. The summed E-state index contributed by atoms with van der Waals surface area (Å²) in [6.07, 6.45) is 4.01. The van der Waals surface area contributed by atoms with Crippen molar-refractivity contribution >= 4 is 17.1 Å². The number of thiazole rings is 1. The van der Waals surface area contributed by atoms with Gasteiger partial charge in [-0.2, -0.15) is 0 Å². The molecule has 0 aliphatic carbocycles. The Hall–Kier alpha value is -1.72. The van der Waals surface area contributed by atoms with E-state index < -0.39 is 0 Å². The minimum atomic E-state index is 0.0787. The van der Waals surface area contributed by atoms with Gasteiger partial charge in [-0.1, -0.05) is 0 Å². The average molecular weight is 359 g/mol. The highest BCUT2D eigenvalue weighted by molar-refractivity contribution is 7.11. The summed E-state index contributed by atoms with van der Waals surface area (Å²) in [6, 6.07) is 3.94. The predicted octanol–water partition coefficient (Wildman–Crippen LogP) is 4.17. The van der Waals surface area contributed by atoms with Crippen molar-refractivity contribution in [1.29, 1.82) is 0 Å². The van der Waals surface area contributed by atoms with Gasteiger partial charge in [-0.05, 0) is 63.4 Å². The Morgan fingerprint density at radius 3 is 2.64 bits per heavy atom. The lowest BCUT2D eigenvalue weighted by atomic mass is 9.88. The molecule has 2 aromatic rings. The van der Waals surface area contributed by atoms with Gasteiger partial charge in [0.25, 0.3) is 0 Å². The fourth-order valence-corrected chi connectivity index (χ4v) is 4.60. The predicted molar refractivity (Wildman–Crippen MR) is 102 cm³/mol. The number of ether oxygens (including phenoxy) is 1. The third-order valence-electron chi connectivity index (χ3n) is 4.87. The molecular formula is C20H26N2O2S. The van der Waals surface area contributed by atoms with Crippen molar-refractivity contribution in [2.24, 2.45) is 5.92 Å². The topological polar surface area (TPSA) is 42.4 Å². The SMILES string of the molecule is COc1c(C)cc(C(=O)[C@@H]2CCCN(Cc3cnc(C)s3)C2)cc1C. The van der Waals surface area contributed by atoms with Crippen molar-refractivity contribution in [3.05, 3.63) is 44.9 Å². The lowest BCUT2D eigenvalue weighted by molar-refractivity contribution is 0.0812. The highest BCUT2D eigenvalue weighted by atomic mass is 32.1. The summed E-state index contributed by atoms with van der Waals surface area (Å²) in [7, 11) is 1.68.